The normalized spacial score (nSPS) is 13.6. The third-order valence-corrected chi connectivity index (χ3v) is 5.60. The molecule has 0 spiro atoms. The molecule has 29 heavy (non-hydrogen) atoms. The van der Waals surface area contributed by atoms with Crippen LogP contribution in [-0.4, -0.2) is 68.0 Å². The molecule has 1 fully saturated rings. The number of hydrogen-bond donors (Lipinski definition) is 3. The number of carbonyl (C=O) groups is 2. The van der Waals surface area contributed by atoms with Gasteiger partial charge in [0, 0.05) is 19.0 Å². The second-order valence-electron chi connectivity index (χ2n) is 6.77. The number of anilines is 1. The van der Waals surface area contributed by atoms with Gasteiger partial charge in [0.1, 0.15) is 4.70 Å². The third kappa shape index (κ3) is 4.00. The Morgan fingerprint density at radius 1 is 1.17 bits per heavy atom. The lowest BCUT2D eigenvalue weighted by Crippen LogP contribution is -2.36. The topological polar surface area (TPSA) is 121 Å². The summed E-state index contributed by atoms with van der Waals surface area (Å²) in [5.74, 6) is -0.425. The number of benzene rings is 1. The molecule has 152 valence electrons. The molecule has 1 aliphatic carbocycles. The highest BCUT2D eigenvalue weighted by Crippen LogP contribution is 2.34. The molecular formula is C19H21N5O4S. The van der Waals surface area contributed by atoms with E-state index in [0.29, 0.717) is 15.5 Å². The fourth-order valence-corrected chi connectivity index (χ4v) is 3.93. The van der Waals surface area contributed by atoms with E-state index in [1.54, 1.807) is 4.68 Å². The van der Waals surface area contributed by atoms with E-state index < -0.39 is 5.91 Å². The lowest BCUT2D eigenvalue weighted by atomic mass is 10.3. The summed E-state index contributed by atoms with van der Waals surface area (Å²) >= 11 is 1.20. The number of rotatable bonds is 8. The van der Waals surface area contributed by atoms with E-state index in [-0.39, 0.29) is 43.8 Å². The van der Waals surface area contributed by atoms with Gasteiger partial charge in [-0.3, -0.25) is 9.59 Å². The monoisotopic (exact) mass is 415 g/mol. The highest BCUT2D eigenvalue weighted by Gasteiger charge is 2.31. The molecule has 0 bridgehead atoms. The third-order valence-electron chi connectivity index (χ3n) is 4.63. The standard InChI is InChI=1S/C19H21N5O4S/c25-10-8-23(9-11-26)18(28)14-15-16(24(22-14)13-4-2-1-3-5-13)20-19(29-15)21-17(27)12-6-7-12/h1-5,12,25-26H,6-11H2,(H,20,21,27). The molecule has 2 heterocycles. The van der Waals surface area contributed by atoms with E-state index in [2.05, 4.69) is 15.4 Å². The van der Waals surface area contributed by atoms with Crippen molar-refractivity contribution in [3.05, 3.63) is 36.0 Å². The molecule has 4 rings (SSSR count). The van der Waals surface area contributed by atoms with Gasteiger partial charge in [0.2, 0.25) is 5.91 Å². The molecule has 0 atom stereocenters. The second-order valence-corrected chi connectivity index (χ2v) is 7.77. The summed E-state index contributed by atoms with van der Waals surface area (Å²) in [6.45, 7) is -0.272. The van der Waals surface area contributed by atoms with Gasteiger partial charge in [0.25, 0.3) is 5.91 Å². The molecule has 0 saturated heterocycles. The van der Waals surface area contributed by atoms with Gasteiger partial charge >= 0.3 is 0 Å². The van der Waals surface area contributed by atoms with Gasteiger partial charge in [0.05, 0.1) is 18.9 Å². The van der Waals surface area contributed by atoms with Crippen LogP contribution < -0.4 is 5.32 Å². The number of aliphatic hydroxyl groups excluding tert-OH is 2. The summed E-state index contributed by atoms with van der Waals surface area (Å²) in [4.78, 5) is 31.0. The van der Waals surface area contributed by atoms with Crippen LogP contribution in [0, 0.1) is 5.92 Å². The Hall–Kier alpha value is -2.82. The number of aliphatic hydroxyl groups is 2. The van der Waals surface area contributed by atoms with Crippen molar-refractivity contribution in [3.8, 4) is 5.69 Å². The van der Waals surface area contributed by atoms with Crippen molar-refractivity contribution in [2.75, 3.05) is 31.6 Å². The zero-order valence-electron chi connectivity index (χ0n) is 15.6. The predicted molar refractivity (Wildman–Crippen MR) is 108 cm³/mol. The first kappa shape index (κ1) is 19.5. The highest BCUT2D eigenvalue weighted by molar-refractivity contribution is 7.22. The number of nitrogens with one attached hydrogen (secondary N) is 1. The average molecular weight is 415 g/mol. The zero-order valence-corrected chi connectivity index (χ0v) is 16.4. The van der Waals surface area contributed by atoms with Gasteiger partial charge in [-0.15, -0.1) is 0 Å². The quantitative estimate of drug-likeness (QED) is 0.509. The molecular weight excluding hydrogens is 394 g/mol. The first-order valence-corrected chi connectivity index (χ1v) is 10.2. The molecule has 0 aliphatic heterocycles. The lowest BCUT2D eigenvalue weighted by molar-refractivity contribution is -0.117. The minimum Gasteiger partial charge on any atom is -0.395 e. The van der Waals surface area contributed by atoms with Gasteiger partial charge < -0.3 is 20.4 Å². The fraction of sp³-hybridized carbons (Fsp3) is 0.368. The number of amides is 2. The largest absolute Gasteiger partial charge is 0.395 e. The summed E-state index contributed by atoms with van der Waals surface area (Å²) in [5.41, 5.74) is 1.39. The molecule has 1 aromatic carbocycles. The molecule has 10 heteroatoms. The van der Waals surface area contributed by atoms with Crippen molar-refractivity contribution >= 4 is 38.6 Å². The van der Waals surface area contributed by atoms with Crippen LogP contribution in [0.1, 0.15) is 23.3 Å². The molecule has 0 radical (unpaired) electrons. The van der Waals surface area contributed by atoms with Crippen molar-refractivity contribution in [2.24, 2.45) is 5.92 Å². The lowest BCUT2D eigenvalue weighted by Gasteiger charge is -2.19. The number of thiazole rings is 1. The maximum Gasteiger partial charge on any atom is 0.276 e. The van der Waals surface area contributed by atoms with Crippen LogP contribution in [0.4, 0.5) is 5.13 Å². The van der Waals surface area contributed by atoms with E-state index >= 15 is 0 Å². The maximum atomic E-state index is 13.1. The molecule has 9 nitrogen and oxygen atoms in total. The van der Waals surface area contributed by atoms with E-state index in [1.165, 1.54) is 16.2 Å². The van der Waals surface area contributed by atoms with Gasteiger partial charge in [-0.05, 0) is 25.0 Å². The van der Waals surface area contributed by atoms with Gasteiger partial charge in [0.15, 0.2) is 16.5 Å². The molecule has 2 amide bonds. The van der Waals surface area contributed by atoms with Crippen LogP contribution in [0.3, 0.4) is 0 Å². The van der Waals surface area contributed by atoms with E-state index in [4.69, 9.17) is 0 Å². The Morgan fingerprint density at radius 2 is 1.86 bits per heavy atom. The van der Waals surface area contributed by atoms with Crippen molar-refractivity contribution in [2.45, 2.75) is 12.8 Å². The summed E-state index contributed by atoms with van der Waals surface area (Å²) in [6, 6.07) is 9.29. The van der Waals surface area contributed by atoms with Crippen LogP contribution in [0.15, 0.2) is 30.3 Å². The Kier molecular flexibility index (Phi) is 5.56. The number of para-hydroxylation sites is 1. The number of aromatic nitrogens is 3. The average Bonchev–Trinajstić information content (AvgIpc) is 3.42. The molecule has 3 N–H and O–H groups in total. The van der Waals surface area contributed by atoms with Crippen molar-refractivity contribution < 1.29 is 19.8 Å². The van der Waals surface area contributed by atoms with Crippen molar-refractivity contribution in [3.63, 3.8) is 0 Å². The Balaban J connectivity index is 1.77. The number of nitrogens with zero attached hydrogens (tertiary/aromatic N) is 4. The first-order valence-electron chi connectivity index (χ1n) is 9.39. The first-order chi connectivity index (χ1) is 14.1. The summed E-state index contributed by atoms with van der Waals surface area (Å²) in [7, 11) is 0. The van der Waals surface area contributed by atoms with E-state index in [9.17, 15) is 19.8 Å². The SMILES string of the molecule is O=C(Nc1nc2c(s1)c(C(=O)N(CCO)CCO)nn2-c1ccccc1)C1CC1. The molecule has 1 saturated carbocycles. The van der Waals surface area contributed by atoms with Crippen LogP contribution in [-0.2, 0) is 4.79 Å². The number of carbonyl (C=O) groups excluding carboxylic acids is 2. The molecule has 0 unspecified atom stereocenters. The zero-order chi connectivity index (χ0) is 20.4. The van der Waals surface area contributed by atoms with Gasteiger partial charge in [-0.25, -0.2) is 4.68 Å². The molecule has 3 aromatic rings. The smallest absolute Gasteiger partial charge is 0.276 e. The maximum absolute atomic E-state index is 13.1. The highest BCUT2D eigenvalue weighted by atomic mass is 32.1. The summed E-state index contributed by atoms with van der Waals surface area (Å²) in [6.07, 6.45) is 1.77. The Bertz CT molecular complexity index is 1020. The second kappa shape index (κ2) is 8.27. The molecule has 2 aromatic heterocycles. The predicted octanol–water partition coefficient (Wildman–Crippen LogP) is 1.26. The van der Waals surface area contributed by atoms with Gasteiger partial charge in [-0.1, -0.05) is 29.5 Å². The fourth-order valence-electron chi connectivity index (χ4n) is 3.00. The minimum atomic E-state index is -0.406. The van der Waals surface area contributed by atoms with Crippen LogP contribution in [0.25, 0.3) is 16.0 Å². The Labute approximate surface area is 170 Å². The van der Waals surface area contributed by atoms with Crippen LogP contribution in [0.5, 0.6) is 0 Å². The Morgan fingerprint density at radius 3 is 2.48 bits per heavy atom. The summed E-state index contributed by atoms with van der Waals surface area (Å²) < 4.78 is 2.12. The minimum absolute atomic E-state index is 0.0401. The van der Waals surface area contributed by atoms with Gasteiger partial charge in [-0.2, -0.15) is 10.1 Å². The van der Waals surface area contributed by atoms with E-state index in [1.807, 2.05) is 30.3 Å². The summed E-state index contributed by atoms with van der Waals surface area (Å²) in [5, 5.41) is 26.2. The van der Waals surface area contributed by atoms with E-state index in [0.717, 1.165) is 18.5 Å². The van der Waals surface area contributed by atoms with Crippen LogP contribution >= 0.6 is 11.3 Å². The number of fused-ring (bicyclic) bond motifs is 1. The molecule has 1 aliphatic rings. The van der Waals surface area contributed by atoms with Crippen molar-refractivity contribution in [1.29, 1.82) is 0 Å². The van der Waals surface area contributed by atoms with Crippen molar-refractivity contribution in [1.82, 2.24) is 19.7 Å². The number of hydrogen-bond acceptors (Lipinski definition) is 7. The van der Waals surface area contributed by atoms with Crippen LogP contribution in [0.2, 0.25) is 0 Å².